The predicted molar refractivity (Wildman–Crippen MR) is 99.9 cm³/mol. The number of benzene rings is 1. The first-order valence-electron chi connectivity index (χ1n) is 7.58. The molecule has 0 spiro atoms. The first kappa shape index (κ1) is 21.2. The van der Waals surface area contributed by atoms with Gasteiger partial charge in [0.15, 0.2) is 0 Å². The van der Waals surface area contributed by atoms with Gasteiger partial charge in [0.2, 0.25) is 5.88 Å². The number of β-amino-alcohol motifs (C(OH)–C–C–N with tert-alkyl or cyclic N) is 1. The summed E-state index contributed by atoms with van der Waals surface area (Å²) in [6.45, 7) is 1.73. The number of nitrogens with one attached hydrogen (secondary N) is 2. The van der Waals surface area contributed by atoms with E-state index in [0.29, 0.717) is 36.8 Å². The maximum absolute atomic E-state index is 12.1. The van der Waals surface area contributed by atoms with Crippen LogP contribution in [-0.2, 0) is 0 Å². The molecular weight excluding hydrogens is 365 g/mol. The number of rotatable bonds is 5. The molecule has 6 nitrogen and oxygen atoms in total. The molecule has 1 aromatic heterocycles. The number of para-hydroxylation sites is 1. The molecule has 1 aliphatic heterocycles. The van der Waals surface area contributed by atoms with Crippen LogP contribution >= 0.6 is 24.8 Å². The second-order valence-electron chi connectivity index (χ2n) is 5.50. The van der Waals surface area contributed by atoms with Gasteiger partial charge in [-0.25, -0.2) is 4.98 Å². The second-order valence-corrected chi connectivity index (χ2v) is 5.50. The van der Waals surface area contributed by atoms with Gasteiger partial charge in [0.25, 0.3) is 5.91 Å². The Labute approximate surface area is 158 Å². The molecule has 0 aliphatic carbocycles. The lowest BCUT2D eigenvalue weighted by molar-refractivity contribution is 0.0926. The Morgan fingerprint density at radius 1 is 1.20 bits per heavy atom. The van der Waals surface area contributed by atoms with E-state index in [9.17, 15) is 9.90 Å². The second kappa shape index (κ2) is 10.2. The molecule has 2 atom stereocenters. The minimum absolute atomic E-state index is 0. The molecule has 8 heteroatoms. The first-order chi connectivity index (χ1) is 11.2. The van der Waals surface area contributed by atoms with Crippen LogP contribution in [-0.4, -0.2) is 41.7 Å². The van der Waals surface area contributed by atoms with Crippen molar-refractivity contribution in [1.82, 2.24) is 15.6 Å². The number of aliphatic hydroxyl groups excluding tert-OH is 1. The fourth-order valence-electron chi connectivity index (χ4n) is 2.44. The summed E-state index contributed by atoms with van der Waals surface area (Å²) in [6.07, 6.45) is 1.08. The highest BCUT2D eigenvalue weighted by Gasteiger charge is 2.25. The maximum Gasteiger partial charge on any atom is 0.252 e. The molecule has 0 radical (unpaired) electrons. The third-order valence-corrected chi connectivity index (χ3v) is 3.79. The number of amides is 1. The van der Waals surface area contributed by atoms with Crippen molar-refractivity contribution in [1.29, 1.82) is 0 Å². The third kappa shape index (κ3) is 5.86. The number of halogens is 2. The standard InChI is InChI=1S/C17H19N3O3.2ClH/c21-15-11-18-8-13(15)10-20-17(22)12-6-7-16(19-9-12)23-14-4-2-1-3-5-14;;/h1-7,9,13,15,18,21H,8,10-11H2,(H,20,22);2*1H. The van der Waals surface area contributed by atoms with Gasteiger partial charge in [0.1, 0.15) is 5.75 Å². The van der Waals surface area contributed by atoms with Gasteiger partial charge in [-0.05, 0) is 18.2 Å². The highest BCUT2D eigenvalue weighted by molar-refractivity contribution is 5.93. The quantitative estimate of drug-likeness (QED) is 0.733. The van der Waals surface area contributed by atoms with E-state index in [1.807, 2.05) is 30.3 Å². The van der Waals surface area contributed by atoms with Gasteiger partial charge in [-0.3, -0.25) is 4.79 Å². The molecule has 2 unspecified atom stereocenters. The lowest BCUT2D eigenvalue weighted by atomic mass is 10.1. The first-order valence-corrected chi connectivity index (χ1v) is 7.58. The SMILES string of the molecule is Cl.Cl.O=C(NCC1CNCC1O)c1ccc(Oc2ccccc2)nc1. The number of aliphatic hydroxyl groups is 1. The minimum Gasteiger partial charge on any atom is -0.439 e. The van der Waals surface area contributed by atoms with Crippen LogP contribution in [0.3, 0.4) is 0 Å². The summed E-state index contributed by atoms with van der Waals surface area (Å²) in [5.74, 6) is 0.971. The highest BCUT2D eigenvalue weighted by atomic mass is 35.5. The Morgan fingerprint density at radius 3 is 2.56 bits per heavy atom. The van der Waals surface area contributed by atoms with Gasteiger partial charge >= 0.3 is 0 Å². The fourth-order valence-corrected chi connectivity index (χ4v) is 2.44. The smallest absolute Gasteiger partial charge is 0.252 e. The van der Waals surface area contributed by atoms with Gasteiger partial charge in [0, 0.05) is 37.8 Å². The molecule has 3 rings (SSSR count). The number of carbonyl (C=O) groups is 1. The monoisotopic (exact) mass is 385 g/mol. The van der Waals surface area contributed by atoms with Crippen LogP contribution in [0, 0.1) is 5.92 Å². The summed E-state index contributed by atoms with van der Waals surface area (Å²) >= 11 is 0. The van der Waals surface area contributed by atoms with Crippen molar-refractivity contribution < 1.29 is 14.6 Å². The van der Waals surface area contributed by atoms with Crippen molar-refractivity contribution in [3.8, 4) is 11.6 Å². The number of hydrogen-bond acceptors (Lipinski definition) is 5. The molecule has 0 bridgehead atoms. The number of aromatic nitrogens is 1. The summed E-state index contributed by atoms with van der Waals surface area (Å²) in [5, 5.41) is 15.6. The van der Waals surface area contributed by atoms with E-state index in [0.717, 1.165) is 0 Å². The largest absolute Gasteiger partial charge is 0.439 e. The molecule has 2 aromatic rings. The maximum atomic E-state index is 12.1. The molecule has 3 N–H and O–H groups in total. The fraction of sp³-hybridized carbons (Fsp3) is 0.294. The van der Waals surface area contributed by atoms with Crippen LogP contribution in [0.15, 0.2) is 48.7 Å². The van der Waals surface area contributed by atoms with Crippen LogP contribution in [0.5, 0.6) is 11.6 Å². The van der Waals surface area contributed by atoms with Crippen molar-refractivity contribution >= 4 is 30.7 Å². The lowest BCUT2D eigenvalue weighted by Crippen LogP contribution is -2.34. The third-order valence-electron chi connectivity index (χ3n) is 3.79. The molecule has 1 aromatic carbocycles. The Hall–Kier alpha value is -1.86. The number of carbonyl (C=O) groups excluding carboxylic acids is 1. The van der Waals surface area contributed by atoms with Crippen molar-refractivity contribution in [2.45, 2.75) is 6.10 Å². The van der Waals surface area contributed by atoms with Crippen molar-refractivity contribution in [2.24, 2.45) is 5.92 Å². The minimum atomic E-state index is -0.407. The lowest BCUT2D eigenvalue weighted by Gasteiger charge is -2.14. The summed E-state index contributed by atoms with van der Waals surface area (Å²) in [5.41, 5.74) is 0.464. The Bertz CT molecular complexity index is 656. The van der Waals surface area contributed by atoms with E-state index in [-0.39, 0.29) is 36.6 Å². The molecule has 2 heterocycles. The van der Waals surface area contributed by atoms with E-state index >= 15 is 0 Å². The van der Waals surface area contributed by atoms with Gasteiger partial charge in [-0.2, -0.15) is 0 Å². The van der Waals surface area contributed by atoms with Crippen LogP contribution in [0.25, 0.3) is 0 Å². The molecule has 1 amide bonds. The topological polar surface area (TPSA) is 83.5 Å². The van der Waals surface area contributed by atoms with Crippen LogP contribution < -0.4 is 15.4 Å². The van der Waals surface area contributed by atoms with Crippen molar-refractivity contribution in [3.05, 3.63) is 54.2 Å². The summed E-state index contributed by atoms with van der Waals surface area (Å²) < 4.78 is 5.58. The zero-order valence-electron chi connectivity index (χ0n) is 13.4. The molecule has 25 heavy (non-hydrogen) atoms. The number of hydrogen-bond donors (Lipinski definition) is 3. The number of nitrogens with zero attached hydrogens (tertiary/aromatic N) is 1. The Balaban J connectivity index is 0.00000156. The van der Waals surface area contributed by atoms with Crippen LogP contribution in [0.1, 0.15) is 10.4 Å². The normalized spacial score (nSPS) is 18.6. The van der Waals surface area contributed by atoms with Gasteiger partial charge in [-0.1, -0.05) is 18.2 Å². The molecule has 1 fully saturated rings. The summed E-state index contributed by atoms with van der Waals surface area (Å²) in [6, 6.07) is 12.7. The van der Waals surface area contributed by atoms with E-state index in [1.54, 1.807) is 12.1 Å². The van der Waals surface area contributed by atoms with E-state index < -0.39 is 6.10 Å². The zero-order valence-corrected chi connectivity index (χ0v) is 15.1. The Kier molecular flexibility index (Phi) is 8.65. The van der Waals surface area contributed by atoms with Crippen molar-refractivity contribution in [2.75, 3.05) is 19.6 Å². The van der Waals surface area contributed by atoms with Gasteiger partial charge in [-0.15, -0.1) is 24.8 Å². The molecule has 1 saturated heterocycles. The van der Waals surface area contributed by atoms with Crippen LogP contribution in [0.4, 0.5) is 0 Å². The highest BCUT2D eigenvalue weighted by Crippen LogP contribution is 2.18. The average molecular weight is 386 g/mol. The van der Waals surface area contributed by atoms with Crippen molar-refractivity contribution in [3.63, 3.8) is 0 Å². The predicted octanol–water partition coefficient (Wildman–Crippen LogP) is 2.03. The molecule has 136 valence electrons. The average Bonchev–Trinajstić information content (AvgIpc) is 2.99. The van der Waals surface area contributed by atoms with E-state index in [4.69, 9.17) is 4.74 Å². The molecular formula is C17H21Cl2N3O3. The number of pyridine rings is 1. The number of ether oxygens (including phenoxy) is 1. The van der Waals surface area contributed by atoms with Crippen LogP contribution in [0.2, 0.25) is 0 Å². The molecule has 1 aliphatic rings. The Morgan fingerprint density at radius 2 is 1.96 bits per heavy atom. The van der Waals surface area contributed by atoms with Gasteiger partial charge in [0.05, 0.1) is 11.7 Å². The summed E-state index contributed by atoms with van der Waals surface area (Å²) in [4.78, 5) is 16.2. The van der Waals surface area contributed by atoms with Gasteiger partial charge < -0.3 is 20.5 Å². The molecule has 0 saturated carbocycles. The van der Waals surface area contributed by atoms with E-state index in [2.05, 4.69) is 15.6 Å². The van der Waals surface area contributed by atoms with E-state index in [1.165, 1.54) is 6.20 Å². The summed E-state index contributed by atoms with van der Waals surface area (Å²) in [7, 11) is 0. The zero-order chi connectivity index (χ0) is 16.1.